The molecular formula is C12H18FN3. The smallest absolute Gasteiger partial charge is 0.125 e. The molecule has 0 aromatic heterocycles. The van der Waals surface area contributed by atoms with Crippen LogP contribution < -0.4 is 16.4 Å². The molecule has 1 aromatic rings. The second kappa shape index (κ2) is 4.80. The third-order valence-electron chi connectivity index (χ3n) is 3.10. The van der Waals surface area contributed by atoms with Crippen molar-refractivity contribution in [1.29, 1.82) is 0 Å². The summed E-state index contributed by atoms with van der Waals surface area (Å²) in [5, 5.41) is 6.68. The lowest BCUT2D eigenvalue weighted by molar-refractivity contribution is 0.350. The van der Waals surface area contributed by atoms with Crippen LogP contribution >= 0.6 is 0 Å². The van der Waals surface area contributed by atoms with Gasteiger partial charge in [0.05, 0.1) is 5.54 Å². The fraction of sp³-hybridized carbons (Fsp3) is 0.500. The van der Waals surface area contributed by atoms with Gasteiger partial charge in [0.2, 0.25) is 0 Å². The molecule has 0 spiro atoms. The molecule has 1 saturated heterocycles. The molecule has 1 atom stereocenters. The molecule has 0 aliphatic carbocycles. The number of halogens is 1. The van der Waals surface area contributed by atoms with Crippen molar-refractivity contribution in [3.63, 3.8) is 0 Å². The molecule has 16 heavy (non-hydrogen) atoms. The van der Waals surface area contributed by atoms with E-state index in [1.54, 1.807) is 6.07 Å². The molecule has 1 fully saturated rings. The maximum atomic E-state index is 13.1. The van der Waals surface area contributed by atoms with Crippen LogP contribution in [0, 0.1) is 5.82 Å². The monoisotopic (exact) mass is 223 g/mol. The van der Waals surface area contributed by atoms with Crippen molar-refractivity contribution in [2.24, 2.45) is 5.73 Å². The van der Waals surface area contributed by atoms with E-state index in [9.17, 15) is 4.39 Å². The Kier molecular flexibility index (Phi) is 3.41. The molecule has 1 aliphatic rings. The van der Waals surface area contributed by atoms with Crippen LogP contribution in [0.3, 0.4) is 0 Å². The van der Waals surface area contributed by atoms with Gasteiger partial charge in [0.1, 0.15) is 5.82 Å². The molecule has 1 aliphatic heterocycles. The van der Waals surface area contributed by atoms with E-state index in [1.165, 1.54) is 12.1 Å². The average Bonchev–Trinajstić information content (AvgIpc) is 2.30. The predicted octanol–water partition coefficient (Wildman–Crippen LogP) is 1.32. The van der Waals surface area contributed by atoms with E-state index >= 15 is 0 Å². The quantitative estimate of drug-likeness (QED) is 0.724. The Morgan fingerprint density at radius 3 is 3.00 bits per heavy atom. The van der Waals surface area contributed by atoms with E-state index in [2.05, 4.69) is 10.6 Å². The lowest BCUT2D eigenvalue weighted by Crippen LogP contribution is -2.56. The van der Waals surface area contributed by atoms with Crippen LogP contribution in [0.2, 0.25) is 0 Å². The van der Waals surface area contributed by atoms with E-state index < -0.39 is 0 Å². The number of benzene rings is 1. The maximum Gasteiger partial charge on any atom is 0.125 e. The molecule has 1 aromatic carbocycles. The van der Waals surface area contributed by atoms with Gasteiger partial charge in [-0.15, -0.1) is 0 Å². The minimum absolute atomic E-state index is 0.133. The number of nitrogens with two attached hydrogens (primary N) is 1. The van der Waals surface area contributed by atoms with Crippen LogP contribution in [0.1, 0.15) is 12.8 Å². The third-order valence-corrected chi connectivity index (χ3v) is 3.10. The van der Waals surface area contributed by atoms with Crippen LogP contribution in [-0.2, 0) is 0 Å². The predicted molar refractivity (Wildman–Crippen MR) is 63.9 cm³/mol. The van der Waals surface area contributed by atoms with Crippen molar-refractivity contribution in [1.82, 2.24) is 5.32 Å². The Hall–Kier alpha value is -1.13. The SMILES string of the molecule is NCC1(Nc2cccc(F)c2)CCCNC1. The first-order valence-electron chi connectivity index (χ1n) is 5.69. The maximum absolute atomic E-state index is 13.1. The number of hydrogen-bond donors (Lipinski definition) is 3. The van der Waals surface area contributed by atoms with E-state index in [4.69, 9.17) is 5.73 Å². The van der Waals surface area contributed by atoms with Gasteiger partial charge in [-0.1, -0.05) is 6.07 Å². The zero-order valence-electron chi connectivity index (χ0n) is 9.30. The van der Waals surface area contributed by atoms with Gasteiger partial charge in [0.25, 0.3) is 0 Å². The third kappa shape index (κ3) is 2.51. The highest BCUT2D eigenvalue weighted by molar-refractivity contribution is 5.46. The molecule has 0 saturated carbocycles. The van der Waals surface area contributed by atoms with Gasteiger partial charge in [0, 0.05) is 18.8 Å². The van der Waals surface area contributed by atoms with Gasteiger partial charge in [0.15, 0.2) is 0 Å². The zero-order chi connectivity index (χ0) is 11.4. The normalized spacial score (nSPS) is 25.4. The lowest BCUT2D eigenvalue weighted by atomic mass is 9.90. The van der Waals surface area contributed by atoms with Crippen molar-refractivity contribution < 1.29 is 4.39 Å². The van der Waals surface area contributed by atoms with Gasteiger partial charge >= 0.3 is 0 Å². The Bertz CT molecular complexity index is 348. The molecule has 0 bridgehead atoms. The highest BCUT2D eigenvalue weighted by Gasteiger charge is 2.30. The Morgan fingerprint density at radius 2 is 2.38 bits per heavy atom. The largest absolute Gasteiger partial charge is 0.377 e. The van der Waals surface area contributed by atoms with E-state index in [0.717, 1.165) is 31.6 Å². The molecule has 1 unspecified atom stereocenters. The standard InChI is InChI=1S/C12H18FN3/c13-10-3-1-4-11(7-10)16-12(8-14)5-2-6-15-9-12/h1,3-4,7,15-16H,2,5-6,8-9,14H2. The van der Waals surface area contributed by atoms with Gasteiger partial charge in [-0.25, -0.2) is 4.39 Å². The summed E-state index contributed by atoms with van der Waals surface area (Å²) in [4.78, 5) is 0. The van der Waals surface area contributed by atoms with Crippen molar-refractivity contribution >= 4 is 5.69 Å². The van der Waals surface area contributed by atoms with Gasteiger partial charge in [-0.2, -0.15) is 0 Å². The summed E-state index contributed by atoms with van der Waals surface area (Å²) in [6.07, 6.45) is 2.12. The van der Waals surface area contributed by atoms with Crippen molar-refractivity contribution in [2.75, 3.05) is 25.0 Å². The first kappa shape index (κ1) is 11.4. The fourth-order valence-electron chi connectivity index (χ4n) is 2.17. The van der Waals surface area contributed by atoms with Crippen LogP contribution in [-0.4, -0.2) is 25.2 Å². The van der Waals surface area contributed by atoms with E-state index in [-0.39, 0.29) is 11.4 Å². The minimum Gasteiger partial charge on any atom is -0.377 e. The minimum atomic E-state index is -0.221. The van der Waals surface area contributed by atoms with Crippen LogP contribution in [0.5, 0.6) is 0 Å². The highest BCUT2D eigenvalue weighted by Crippen LogP contribution is 2.21. The molecule has 0 amide bonds. The molecule has 88 valence electrons. The molecule has 2 rings (SSSR count). The van der Waals surface area contributed by atoms with E-state index in [0.29, 0.717) is 6.54 Å². The molecule has 1 heterocycles. The fourth-order valence-corrected chi connectivity index (χ4v) is 2.17. The Labute approximate surface area is 95.2 Å². The molecule has 0 radical (unpaired) electrons. The van der Waals surface area contributed by atoms with Crippen LogP contribution in [0.25, 0.3) is 0 Å². The number of rotatable bonds is 3. The topological polar surface area (TPSA) is 50.1 Å². The molecular weight excluding hydrogens is 205 g/mol. The summed E-state index contributed by atoms with van der Waals surface area (Å²) >= 11 is 0. The first-order valence-corrected chi connectivity index (χ1v) is 5.69. The van der Waals surface area contributed by atoms with E-state index in [1.807, 2.05) is 6.07 Å². The van der Waals surface area contributed by atoms with Crippen LogP contribution in [0.15, 0.2) is 24.3 Å². The second-order valence-electron chi connectivity index (χ2n) is 4.40. The number of piperidine rings is 1. The second-order valence-corrected chi connectivity index (χ2v) is 4.40. The summed E-state index contributed by atoms with van der Waals surface area (Å²) in [6, 6.07) is 6.53. The van der Waals surface area contributed by atoms with Gasteiger partial charge in [-0.3, -0.25) is 0 Å². The van der Waals surface area contributed by atoms with Crippen molar-refractivity contribution in [2.45, 2.75) is 18.4 Å². The van der Waals surface area contributed by atoms with Crippen molar-refractivity contribution in [3.05, 3.63) is 30.1 Å². The highest BCUT2D eigenvalue weighted by atomic mass is 19.1. The average molecular weight is 223 g/mol. The van der Waals surface area contributed by atoms with Gasteiger partial charge < -0.3 is 16.4 Å². The summed E-state index contributed by atoms with van der Waals surface area (Å²) < 4.78 is 13.1. The van der Waals surface area contributed by atoms with Gasteiger partial charge in [-0.05, 0) is 37.6 Å². The number of hydrogen-bond acceptors (Lipinski definition) is 3. The Morgan fingerprint density at radius 1 is 1.50 bits per heavy atom. The van der Waals surface area contributed by atoms with Crippen molar-refractivity contribution in [3.8, 4) is 0 Å². The molecule has 4 N–H and O–H groups in total. The summed E-state index contributed by atoms with van der Waals surface area (Å²) in [5.41, 5.74) is 6.50. The lowest BCUT2D eigenvalue weighted by Gasteiger charge is -2.38. The zero-order valence-corrected chi connectivity index (χ0v) is 9.30. The van der Waals surface area contributed by atoms with Crippen LogP contribution in [0.4, 0.5) is 10.1 Å². The molecule has 3 nitrogen and oxygen atoms in total. The Balaban J connectivity index is 2.11. The molecule has 4 heteroatoms. The number of anilines is 1. The number of nitrogens with one attached hydrogen (secondary N) is 2. The summed E-state index contributed by atoms with van der Waals surface area (Å²) in [5.74, 6) is -0.221. The summed E-state index contributed by atoms with van der Waals surface area (Å²) in [7, 11) is 0. The first-order chi connectivity index (χ1) is 7.74. The summed E-state index contributed by atoms with van der Waals surface area (Å²) in [6.45, 7) is 2.42.